The molecule has 2 fully saturated rings. The van der Waals surface area contributed by atoms with Gasteiger partial charge in [-0.25, -0.2) is 9.37 Å². The van der Waals surface area contributed by atoms with Gasteiger partial charge in [-0.15, -0.1) is 15.3 Å². The van der Waals surface area contributed by atoms with Crippen LogP contribution in [0.25, 0.3) is 22.5 Å². The third-order valence-corrected chi connectivity index (χ3v) is 7.19. The van der Waals surface area contributed by atoms with Crippen molar-refractivity contribution in [3.05, 3.63) is 36.7 Å². The molecule has 2 aromatic heterocycles. The van der Waals surface area contributed by atoms with E-state index in [4.69, 9.17) is 4.74 Å². The predicted octanol–water partition coefficient (Wildman–Crippen LogP) is 4.99. The molecule has 0 radical (unpaired) electrons. The summed E-state index contributed by atoms with van der Waals surface area (Å²) in [5, 5.41) is 27.3. The average Bonchev–Trinajstić information content (AvgIpc) is 3.74. The van der Waals surface area contributed by atoms with Crippen LogP contribution in [0, 0.1) is 5.92 Å². The Labute approximate surface area is 204 Å². The molecule has 0 spiro atoms. The maximum absolute atomic E-state index is 15.2. The molecule has 8 nitrogen and oxygen atoms in total. The third-order valence-electron chi connectivity index (χ3n) is 7.19. The minimum Gasteiger partial charge on any atom is -0.507 e. The smallest absolute Gasteiger partial charge is 0.233 e. The zero-order valence-electron chi connectivity index (χ0n) is 20.1. The number of aromatic nitrogens is 5. The zero-order valence-corrected chi connectivity index (χ0v) is 20.1. The number of rotatable bonds is 7. The Balaban J connectivity index is 1.39. The summed E-state index contributed by atoms with van der Waals surface area (Å²) in [6, 6.07) is 7.09. The number of aromatic hydroxyl groups is 1. The van der Waals surface area contributed by atoms with Crippen LogP contribution in [0.4, 0.5) is 10.2 Å². The van der Waals surface area contributed by atoms with Gasteiger partial charge in [-0.2, -0.15) is 5.10 Å². The number of alkyl halides is 1. The Morgan fingerprint density at radius 1 is 1.06 bits per heavy atom. The van der Waals surface area contributed by atoms with Gasteiger partial charge in [-0.05, 0) is 49.3 Å². The van der Waals surface area contributed by atoms with Gasteiger partial charge < -0.3 is 14.7 Å². The van der Waals surface area contributed by atoms with E-state index in [1.807, 2.05) is 6.07 Å². The Morgan fingerprint density at radius 3 is 2.60 bits per heavy atom. The van der Waals surface area contributed by atoms with Crippen molar-refractivity contribution in [2.24, 2.45) is 5.92 Å². The maximum Gasteiger partial charge on any atom is 0.233 e. The van der Waals surface area contributed by atoms with Crippen molar-refractivity contribution in [2.75, 3.05) is 12.0 Å². The third kappa shape index (κ3) is 5.04. The molecule has 0 saturated heterocycles. The van der Waals surface area contributed by atoms with Gasteiger partial charge in [-0.3, -0.25) is 0 Å². The monoisotopic (exact) mass is 478 g/mol. The average molecular weight is 479 g/mol. The molecule has 0 aliphatic heterocycles. The van der Waals surface area contributed by atoms with E-state index >= 15 is 4.39 Å². The molecule has 5 rings (SSSR count). The molecule has 2 aliphatic carbocycles. The van der Waals surface area contributed by atoms with Gasteiger partial charge in [0.25, 0.3) is 0 Å². The molecule has 1 N–H and O–H groups in total. The lowest BCUT2D eigenvalue weighted by Gasteiger charge is -2.35. The Kier molecular flexibility index (Phi) is 6.74. The van der Waals surface area contributed by atoms with Crippen molar-refractivity contribution >= 4 is 5.82 Å². The molecular formula is C26H31FN6O2. The van der Waals surface area contributed by atoms with Crippen LogP contribution in [0.5, 0.6) is 11.6 Å². The first-order valence-electron chi connectivity index (χ1n) is 12.4. The number of ether oxygens (including phenoxy) is 1. The van der Waals surface area contributed by atoms with Crippen LogP contribution < -0.4 is 9.64 Å². The molecule has 2 aliphatic rings. The first-order chi connectivity index (χ1) is 17.1. The second kappa shape index (κ2) is 10.1. The summed E-state index contributed by atoms with van der Waals surface area (Å²) in [6.07, 6.45) is 9.03. The van der Waals surface area contributed by atoms with Gasteiger partial charge in [-0.1, -0.05) is 32.3 Å². The van der Waals surface area contributed by atoms with Crippen LogP contribution in [-0.4, -0.2) is 55.9 Å². The summed E-state index contributed by atoms with van der Waals surface area (Å²) in [7, 11) is 1.53. The summed E-state index contributed by atoms with van der Waals surface area (Å²) in [6.45, 7) is 2.19. The van der Waals surface area contributed by atoms with Crippen LogP contribution in [-0.2, 0) is 0 Å². The number of benzene rings is 1. The molecular weight excluding hydrogens is 447 g/mol. The number of nitrogens with zero attached hydrogens (tertiary/aromatic N) is 6. The first kappa shape index (κ1) is 23.4. The standard InChI is InChI=1S/C26H31FN6O2/c1-3-16-5-4-6-21(27)22(11-16)33(19-8-9-19)24-15-28-26(32-30-24)20-10-7-17(12-23(20)34)18-13-25(35-2)31-29-14-18/h7,10,12-16,19,21-22,34H,3-6,8-9,11H2,1-2H3/t16-,21+,22-/m1/s1. The van der Waals surface area contributed by atoms with E-state index in [1.165, 1.54) is 7.11 Å². The Hall–Kier alpha value is -3.36. The Morgan fingerprint density at radius 2 is 1.91 bits per heavy atom. The number of phenols is 1. The van der Waals surface area contributed by atoms with Gasteiger partial charge in [0.1, 0.15) is 11.9 Å². The Bertz CT molecular complexity index is 1160. The molecule has 1 aromatic carbocycles. The quantitative estimate of drug-likeness (QED) is 0.475. The maximum atomic E-state index is 15.2. The van der Waals surface area contributed by atoms with E-state index in [0.29, 0.717) is 41.5 Å². The van der Waals surface area contributed by atoms with E-state index in [2.05, 4.69) is 37.2 Å². The summed E-state index contributed by atoms with van der Waals surface area (Å²) < 4.78 is 20.3. The van der Waals surface area contributed by atoms with Crippen LogP contribution in [0.1, 0.15) is 51.9 Å². The summed E-state index contributed by atoms with van der Waals surface area (Å²) in [5.41, 5.74) is 2.00. The highest BCUT2D eigenvalue weighted by molar-refractivity contribution is 5.72. The highest BCUT2D eigenvalue weighted by Gasteiger charge is 2.40. The molecule has 2 saturated carbocycles. The second-order valence-corrected chi connectivity index (χ2v) is 9.52. The molecule has 2 heterocycles. The van der Waals surface area contributed by atoms with Crippen LogP contribution in [0.15, 0.2) is 36.7 Å². The minimum atomic E-state index is -0.869. The highest BCUT2D eigenvalue weighted by Crippen LogP contribution is 2.39. The number of halogens is 1. The molecule has 3 atom stereocenters. The fourth-order valence-corrected chi connectivity index (χ4v) is 5.06. The largest absolute Gasteiger partial charge is 0.507 e. The van der Waals surface area contributed by atoms with E-state index in [0.717, 1.165) is 49.7 Å². The number of methoxy groups -OCH3 is 1. The van der Waals surface area contributed by atoms with E-state index in [-0.39, 0.29) is 11.8 Å². The fourth-order valence-electron chi connectivity index (χ4n) is 5.06. The van der Waals surface area contributed by atoms with Gasteiger partial charge in [0.05, 0.1) is 31.1 Å². The SMILES string of the molecule is CC[C@@H]1CCC[C@H](F)[C@H](N(c2cnc(-c3ccc(-c4cnnc(OC)c4)cc3O)nn2)C2CC2)C1. The predicted molar refractivity (Wildman–Crippen MR) is 131 cm³/mol. The molecule has 3 aromatic rings. The van der Waals surface area contributed by atoms with Crippen molar-refractivity contribution < 1.29 is 14.2 Å². The van der Waals surface area contributed by atoms with E-state index in [9.17, 15) is 5.11 Å². The summed E-state index contributed by atoms with van der Waals surface area (Å²) in [5.74, 6) is 1.90. The summed E-state index contributed by atoms with van der Waals surface area (Å²) >= 11 is 0. The lowest BCUT2D eigenvalue weighted by atomic mass is 9.94. The van der Waals surface area contributed by atoms with Gasteiger partial charge in [0.2, 0.25) is 5.88 Å². The lowest BCUT2D eigenvalue weighted by Crippen LogP contribution is -2.44. The molecule has 0 amide bonds. The van der Waals surface area contributed by atoms with Crippen molar-refractivity contribution in [3.63, 3.8) is 0 Å². The molecule has 9 heteroatoms. The number of hydrogen-bond acceptors (Lipinski definition) is 8. The van der Waals surface area contributed by atoms with Gasteiger partial charge >= 0.3 is 0 Å². The first-order valence-corrected chi connectivity index (χ1v) is 12.4. The lowest BCUT2D eigenvalue weighted by molar-refractivity contribution is 0.247. The van der Waals surface area contributed by atoms with E-state index in [1.54, 1.807) is 30.6 Å². The number of anilines is 1. The van der Waals surface area contributed by atoms with Gasteiger partial charge in [0, 0.05) is 17.7 Å². The van der Waals surface area contributed by atoms with Crippen molar-refractivity contribution in [2.45, 2.75) is 70.1 Å². The second-order valence-electron chi connectivity index (χ2n) is 9.52. The molecule has 0 bridgehead atoms. The minimum absolute atomic E-state index is 0.0326. The van der Waals surface area contributed by atoms with Crippen LogP contribution in [0.2, 0.25) is 0 Å². The zero-order chi connectivity index (χ0) is 24.4. The fraction of sp³-hybridized carbons (Fsp3) is 0.500. The molecule has 35 heavy (non-hydrogen) atoms. The van der Waals surface area contributed by atoms with Gasteiger partial charge in [0.15, 0.2) is 11.6 Å². The van der Waals surface area contributed by atoms with Crippen LogP contribution in [0.3, 0.4) is 0 Å². The summed E-state index contributed by atoms with van der Waals surface area (Å²) in [4.78, 5) is 6.65. The van der Waals surface area contributed by atoms with Crippen molar-refractivity contribution in [1.29, 1.82) is 0 Å². The van der Waals surface area contributed by atoms with Crippen molar-refractivity contribution in [3.8, 4) is 34.1 Å². The topological polar surface area (TPSA) is 97.2 Å². The number of phenolic OH excluding ortho intramolecular Hbond substituents is 1. The highest BCUT2D eigenvalue weighted by atomic mass is 19.1. The van der Waals surface area contributed by atoms with Crippen molar-refractivity contribution in [1.82, 2.24) is 25.4 Å². The molecule has 0 unspecified atom stereocenters. The van der Waals surface area contributed by atoms with Crippen LogP contribution >= 0.6 is 0 Å². The molecule has 184 valence electrons. The van der Waals surface area contributed by atoms with E-state index < -0.39 is 6.17 Å². The number of hydrogen-bond donors (Lipinski definition) is 1. The normalized spacial score (nSPS) is 22.4.